The summed E-state index contributed by atoms with van der Waals surface area (Å²) < 4.78 is -0.814. The van der Waals surface area contributed by atoms with Crippen LogP contribution in [0, 0.1) is 0 Å². The molecule has 10 heavy (non-hydrogen) atoms. The molecular weight excluding hydrogens is 334 g/mol. The van der Waals surface area contributed by atoms with Crippen LogP contribution >= 0.6 is 47.8 Å². The van der Waals surface area contributed by atoms with Crippen molar-refractivity contribution in [3.05, 3.63) is 11.8 Å². The second-order valence-corrected chi connectivity index (χ2v) is 8.20. The summed E-state index contributed by atoms with van der Waals surface area (Å²) >= 11 is 9.15. The number of nitrogens with two attached hydrogens (primary N) is 1. The molecule has 0 amide bonds. The third kappa shape index (κ3) is 4.29. The number of halogens is 3. The Morgan fingerprint density at radius 1 is 1.50 bits per heavy atom. The minimum Gasteiger partial charge on any atom is -0.478 e. The molecule has 0 aliphatic heterocycles. The van der Waals surface area contributed by atoms with Crippen molar-refractivity contribution in [2.75, 3.05) is 0 Å². The number of alkyl halides is 3. The molecule has 0 saturated carbocycles. The van der Waals surface area contributed by atoms with E-state index in [0.717, 1.165) is 6.08 Å². The molecule has 0 aromatic rings. The number of allylic oxidation sites excluding steroid dienone is 1. The molecular formula is C4H4Br3NO2. The van der Waals surface area contributed by atoms with Crippen LogP contribution < -0.4 is 5.73 Å². The molecule has 0 heterocycles. The highest BCUT2D eigenvalue weighted by Crippen LogP contribution is 2.38. The van der Waals surface area contributed by atoms with Crippen molar-refractivity contribution >= 4 is 53.8 Å². The zero-order valence-corrected chi connectivity index (χ0v) is 9.40. The van der Waals surface area contributed by atoms with Crippen LogP contribution in [0.15, 0.2) is 11.8 Å². The number of hydrogen-bond donors (Lipinski definition) is 2. The third-order valence-corrected chi connectivity index (χ3v) is 1.98. The molecule has 0 radical (unpaired) electrons. The van der Waals surface area contributed by atoms with E-state index in [1.165, 1.54) is 0 Å². The predicted octanol–water partition coefficient (Wildman–Crippen LogP) is 1.75. The van der Waals surface area contributed by atoms with Gasteiger partial charge in [0.15, 0.2) is 2.14 Å². The van der Waals surface area contributed by atoms with E-state index in [2.05, 4.69) is 47.8 Å². The van der Waals surface area contributed by atoms with Gasteiger partial charge in [-0.2, -0.15) is 0 Å². The molecule has 3 nitrogen and oxygen atoms in total. The van der Waals surface area contributed by atoms with E-state index in [9.17, 15) is 4.79 Å². The van der Waals surface area contributed by atoms with Crippen LogP contribution in [0.3, 0.4) is 0 Å². The highest BCUT2D eigenvalue weighted by molar-refractivity contribution is 9.39. The summed E-state index contributed by atoms with van der Waals surface area (Å²) in [5, 5.41) is 8.23. The fourth-order valence-corrected chi connectivity index (χ4v) is 0.558. The number of carbonyl (C=O) groups is 1. The Kier molecular flexibility index (Phi) is 3.90. The first-order valence-corrected chi connectivity index (χ1v) is 4.49. The average molecular weight is 338 g/mol. The lowest BCUT2D eigenvalue weighted by Crippen LogP contribution is -2.15. The normalized spacial score (nSPS) is 13.3. The van der Waals surface area contributed by atoms with E-state index >= 15 is 0 Å². The topological polar surface area (TPSA) is 63.3 Å². The largest absolute Gasteiger partial charge is 0.478 e. The predicted molar refractivity (Wildman–Crippen MR) is 49.4 cm³/mol. The van der Waals surface area contributed by atoms with Gasteiger partial charge in [0.05, 0.1) is 5.70 Å². The van der Waals surface area contributed by atoms with Gasteiger partial charge in [-0.15, -0.1) is 0 Å². The van der Waals surface area contributed by atoms with E-state index in [4.69, 9.17) is 10.8 Å². The lowest BCUT2D eigenvalue weighted by molar-refractivity contribution is -0.131. The van der Waals surface area contributed by atoms with Crippen LogP contribution in [0.25, 0.3) is 0 Å². The molecule has 0 aliphatic carbocycles. The van der Waals surface area contributed by atoms with Crippen LogP contribution in [0.2, 0.25) is 0 Å². The first kappa shape index (κ1) is 10.4. The lowest BCUT2D eigenvalue weighted by Gasteiger charge is -2.10. The second-order valence-electron chi connectivity index (χ2n) is 1.44. The Hall–Kier alpha value is 0.450. The van der Waals surface area contributed by atoms with E-state index in [1.807, 2.05) is 0 Å². The summed E-state index contributed by atoms with van der Waals surface area (Å²) in [7, 11) is 0. The average Bonchev–Trinajstić information content (AvgIpc) is 1.60. The van der Waals surface area contributed by atoms with Crippen LogP contribution in [-0.2, 0) is 4.79 Å². The molecule has 3 N–H and O–H groups in total. The van der Waals surface area contributed by atoms with Crippen molar-refractivity contribution in [3.8, 4) is 0 Å². The SMILES string of the molecule is NC(=CC(=O)O)C(Br)(Br)Br. The van der Waals surface area contributed by atoms with Crippen molar-refractivity contribution in [1.82, 2.24) is 0 Å². The van der Waals surface area contributed by atoms with E-state index in [-0.39, 0.29) is 5.70 Å². The van der Waals surface area contributed by atoms with Gasteiger partial charge < -0.3 is 10.8 Å². The lowest BCUT2D eigenvalue weighted by atomic mass is 10.4. The van der Waals surface area contributed by atoms with Crippen LogP contribution in [0.4, 0.5) is 0 Å². The zero-order chi connectivity index (χ0) is 8.36. The van der Waals surface area contributed by atoms with Gasteiger partial charge in [0.2, 0.25) is 0 Å². The van der Waals surface area contributed by atoms with Gasteiger partial charge in [0.1, 0.15) is 0 Å². The smallest absolute Gasteiger partial charge is 0.330 e. The fourth-order valence-electron chi connectivity index (χ4n) is 0.215. The Morgan fingerprint density at radius 2 is 1.90 bits per heavy atom. The highest BCUT2D eigenvalue weighted by atomic mass is 80.0. The monoisotopic (exact) mass is 335 g/mol. The maximum absolute atomic E-state index is 10.0. The minimum absolute atomic E-state index is 0.139. The number of rotatable bonds is 1. The maximum Gasteiger partial charge on any atom is 0.330 e. The van der Waals surface area contributed by atoms with Crippen molar-refractivity contribution in [2.24, 2.45) is 5.73 Å². The van der Waals surface area contributed by atoms with Crippen LogP contribution in [-0.4, -0.2) is 13.2 Å². The molecule has 0 atom stereocenters. The summed E-state index contributed by atoms with van der Waals surface area (Å²) in [6, 6.07) is 0. The summed E-state index contributed by atoms with van der Waals surface area (Å²) in [5.41, 5.74) is 5.43. The zero-order valence-electron chi connectivity index (χ0n) is 4.64. The van der Waals surface area contributed by atoms with Crippen LogP contribution in [0.1, 0.15) is 0 Å². The number of aliphatic carboxylic acids is 1. The maximum atomic E-state index is 10.0. The van der Waals surface area contributed by atoms with Gasteiger partial charge in [0, 0.05) is 6.08 Å². The first-order valence-electron chi connectivity index (χ1n) is 2.11. The first-order chi connectivity index (χ1) is 4.34. The van der Waals surface area contributed by atoms with Crippen molar-refractivity contribution in [2.45, 2.75) is 2.14 Å². The van der Waals surface area contributed by atoms with E-state index in [0.29, 0.717) is 0 Å². The van der Waals surface area contributed by atoms with Gasteiger partial charge in [-0.1, -0.05) is 47.8 Å². The Morgan fingerprint density at radius 3 is 2.00 bits per heavy atom. The summed E-state index contributed by atoms with van der Waals surface area (Å²) in [4.78, 5) is 10.0. The number of hydrogen-bond acceptors (Lipinski definition) is 2. The molecule has 6 heteroatoms. The molecule has 0 rings (SSSR count). The summed E-state index contributed by atoms with van der Waals surface area (Å²) in [6.07, 6.45) is 0.887. The molecule has 0 aromatic carbocycles. The van der Waals surface area contributed by atoms with Crippen molar-refractivity contribution in [3.63, 3.8) is 0 Å². The second kappa shape index (κ2) is 3.73. The molecule has 0 saturated heterocycles. The van der Waals surface area contributed by atoms with Gasteiger partial charge >= 0.3 is 5.97 Å². The minimum atomic E-state index is -1.08. The van der Waals surface area contributed by atoms with E-state index in [1.54, 1.807) is 0 Å². The van der Waals surface area contributed by atoms with Gasteiger partial charge in [-0.05, 0) is 0 Å². The fraction of sp³-hybridized carbons (Fsp3) is 0.250. The molecule has 0 unspecified atom stereocenters. The quantitative estimate of drug-likeness (QED) is 0.566. The molecule has 58 valence electrons. The molecule has 0 spiro atoms. The Labute approximate surface area is 83.0 Å². The molecule has 0 aromatic heterocycles. The number of carboxylic acid groups (broad SMARTS) is 1. The molecule has 0 bridgehead atoms. The summed E-state index contributed by atoms with van der Waals surface area (Å²) in [6.45, 7) is 0. The van der Waals surface area contributed by atoms with Gasteiger partial charge in [-0.25, -0.2) is 4.79 Å². The molecule has 0 aliphatic rings. The molecule has 0 fully saturated rings. The third-order valence-electron chi connectivity index (χ3n) is 0.606. The van der Waals surface area contributed by atoms with Crippen molar-refractivity contribution < 1.29 is 9.90 Å². The number of carboxylic acids is 1. The highest BCUT2D eigenvalue weighted by Gasteiger charge is 2.21. The van der Waals surface area contributed by atoms with Gasteiger partial charge in [0.25, 0.3) is 0 Å². The standard InChI is InChI=1S/C4H4Br3NO2/c5-4(6,7)2(8)1-3(9)10/h1H,8H2,(H,9,10). The van der Waals surface area contributed by atoms with Gasteiger partial charge in [-0.3, -0.25) is 0 Å². The summed E-state index contributed by atoms with van der Waals surface area (Å²) in [5.74, 6) is -1.08. The van der Waals surface area contributed by atoms with Crippen molar-refractivity contribution in [1.29, 1.82) is 0 Å². The van der Waals surface area contributed by atoms with Crippen LogP contribution in [0.5, 0.6) is 0 Å². The van der Waals surface area contributed by atoms with E-state index < -0.39 is 8.11 Å². The Balaban J connectivity index is 4.35. The Bertz CT molecular complexity index is 172.